The molecule has 2 amide bonds. The number of nitrogens with zero attached hydrogens (tertiary/aromatic N) is 1. The van der Waals surface area contributed by atoms with Gasteiger partial charge in [0.2, 0.25) is 0 Å². The van der Waals surface area contributed by atoms with Gasteiger partial charge in [0.1, 0.15) is 10.7 Å². The lowest BCUT2D eigenvalue weighted by molar-refractivity contribution is -0.120. The minimum Gasteiger partial charge on any atom is -0.462 e. The Morgan fingerprint density at radius 2 is 1.77 bits per heavy atom. The molecule has 7 heteroatoms. The van der Waals surface area contributed by atoms with E-state index in [0.717, 1.165) is 36.1 Å². The number of hydrogen-bond donors (Lipinski definition) is 1. The van der Waals surface area contributed by atoms with Gasteiger partial charge in [-0.05, 0) is 55.2 Å². The van der Waals surface area contributed by atoms with E-state index in [1.54, 1.807) is 36.4 Å². The first kappa shape index (κ1) is 22.6. The number of carbonyl (C=O) groups excluding carboxylic acids is 3. The first-order valence-corrected chi connectivity index (χ1v) is 10.8. The molecule has 0 unspecified atom stereocenters. The third-order valence-corrected chi connectivity index (χ3v) is 5.20. The average Bonchev–Trinajstić information content (AvgIpc) is 2.99. The second-order valence-corrected chi connectivity index (χ2v) is 7.62. The Kier molecular flexibility index (Phi) is 7.47. The van der Waals surface area contributed by atoms with Crippen molar-refractivity contribution in [2.24, 2.45) is 0 Å². The van der Waals surface area contributed by atoms with Crippen LogP contribution in [0.15, 0.2) is 59.3 Å². The minimum absolute atomic E-state index is 0.0270. The van der Waals surface area contributed by atoms with Crippen LogP contribution in [0.5, 0.6) is 0 Å². The number of imide groups is 1. The van der Waals surface area contributed by atoms with Gasteiger partial charge in [-0.15, -0.1) is 0 Å². The third-order valence-electron chi connectivity index (χ3n) is 4.85. The van der Waals surface area contributed by atoms with Gasteiger partial charge in [-0.2, -0.15) is 0 Å². The molecule has 0 bridgehead atoms. The van der Waals surface area contributed by atoms with Crippen molar-refractivity contribution >= 4 is 40.8 Å². The lowest BCUT2D eigenvalue weighted by atomic mass is 10.1. The lowest BCUT2D eigenvalue weighted by Gasteiger charge is -2.16. The van der Waals surface area contributed by atoms with Gasteiger partial charge in [-0.3, -0.25) is 9.59 Å². The molecule has 0 aromatic heterocycles. The van der Waals surface area contributed by atoms with Crippen LogP contribution in [0.1, 0.15) is 49.0 Å². The molecule has 0 spiro atoms. The average molecular weight is 441 g/mol. The highest BCUT2D eigenvalue weighted by Gasteiger charge is 2.39. The molecule has 0 saturated heterocycles. The molecule has 1 aliphatic heterocycles. The van der Waals surface area contributed by atoms with E-state index in [1.165, 1.54) is 0 Å². The summed E-state index contributed by atoms with van der Waals surface area (Å²) in [6.07, 6.45) is 3.84. The molecule has 0 saturated carbocycles. The molecule has 162 valence electrons. The molecule has 2 aromatic rings. The van der Waals surface area contributed by atoms with E-state index in [-0.39, 0.29) is 10.7 Å². The van der Waals surface area contributed by atoms with Crippen molar-refractivity contribution in [1.29, 1.82) is 0 Å². The Balaban J connectivity index is 1.77. The zero-order valence-corrected chi connectivity index (χ0v) is 18.4. The number of unbranched alkanes of at least 4 members (excludes halogenated alkanes) is 1. The Hall–Kier alpha value is -3.12. The molecule has 0 radical (unpaired) electrons. The van der Waals surface area contributed by atoms with Gasteiger partial charge in [-0.1, -0.05) is 50.1 Å². The quantitative estimate of drug-likeness (QED) is 0.437. The van der Waals surface area contributed by atoms with E-state index < -0.39 is 17.8 Å². The SMILES string of the molecule is CCCCc1ccc(N2C(=O)C(Cl)=C(Nc3cccc(C(=O)OCCC)c3)C2=O)cc1. The maximum Gasteiger partial charge on any atom is 0.338 e. The lowest BCUT2D eigenvalue weighted by Crippen LogP contribution is -2.32. The monoisotopic (exact) mass is 440 g/mol. The number of esters is 1. The van der Waals surface area contributed by atoms with Crippen LogP contribution in [-0.4, -0.2) is 24.4 Å². The second kappa shape index (κ2) is 10.3. The molecule has 0 fully saturated rings. The number of rotatable bonds is 9. The number of carbonyl (C=O) groups is 3. The molecule has 1 aliphatic rings. The van der Waals surface area contributed by atoms with Crippen molar-refractivity contribution in [2.75, 3.05) is 16.8 Å². The summed E-state index contributed by atoms with van der Waals surface area (Å²) in [5.41, 5.74) is 2.38. The number of benzene rings is 2. The minimum atomic E-state index is -0.589. The molecule has 0 atom stereocenters. The number of anilines is 2. The van der Waals surface area contributed by atoms with Gasteiger partial charge in [0.05, 0.1) is 17.9 Å². The standard InChI is InChI=1S/C24H25ClN2O4/c1-3-5-7-16-10-12-19(13-11-16)27-22(28)20(25)21(23(27)29)26-18-9-6-8-17(15-18)24(30)31-14-4-2/h6,8-13,15,26H,3-5,7,14H2,1-2H3. The highest BCUT2D eigenvalue weighted by molar-refractivity contribution is 6.53. The van der Waals surface area contributed by atoms with Gasteiger partial charge in [0.25, 0.3) is 11.8 Å². The number of ether oxygens (including phenoxy) is 1. The maximum absolute atomic E-state index is 13.0. The van der Waals surface area contributed by atoms with Crippen LogP contribution in [0, 0.1) is 0 Å². The highest BCUT2D eigenvalue weighted by Crippen LogP contribution is 2.30. The molecule has 3 rings (SSSR count). The van der Waals surface area contributed by atoms with Crippen LogP contribution >= 0.6 is 11.6 Å². The summed E-state index contributed by atoms with van der Waals surface area (Å²) in [7, 11) is 0. The largest absolute Gasteiger partial charge is 0.462 e. The second-order valence-electron chi connectivity index (χ2n) is 7.25. The number of halogens is 1. The third kappa shape index (κ3) is 5.14. The zero-order valence-electron chi connectivity index (χ0n) is 17.6. The Bertz CT molecular complexity index is 1010. The summed E-state index contributed by atoms with van der Waals surface area (Å²) < 4.78 is 5.14. The van der Waals surface area contributed by atoms with Crippen LogP contribution < -0.4 is 10.2 Å². The summed E-state index contributed by atoms with van der Waals surface area (Å²) in [6, 6.07) is 13.8. The molecule has 0 aliphatic carbocycles. The molecule has 1 heterocycles. The van der Waals surface area contributed by atoms with Crippen molar-refractivity contribution in [2.45, 2.75) is 39.5 Å². The van der Waals surface area contributed by atoms with Crippen molar-refractivity contribution in [3.8, 4) is 0 Å². The summed E-state index contributed by atoms with van der Waals surface area (Å²) in [4.78, 5) is 38.8. The van der Waals surface area contributed by atoms with Gasteiger partial charge < -0.3 is 10.1 Å². The van der Waals surface area contributed by atoms with Crippen molar-refractivity contribution in [3.05, 3.63) is 70.4 Å². The van der Waals surface area contributed by atoms with Gasteiger partial charge >= 0.3 is 5.97 Å². The van der Waals surface area contributed by atoms with Gasteiger partial charge in [0, 0.05) is 5.69 Å². The summed E-state index contributed by atoms with van der Waals surface area (Å²) in [5, 5.41) is 2.69. The first-order valence-electron chi connectivity index (χ1n) is 10.4. The molecular weight excluding hydrogens is 416 g/mol. The van der Waals surface area contributed by atoms with Gasteiger partial charge in [-0.25, -0.2) is 9.69 Å². The van der Waals surface area contributed by atoms with Crippen LogP contribution in [0.3, 0.4) is 0 Å². The van der Waals surface area contributed by atoms with Gasteiger partial charge in [0.15, 0.2) is 0 Å². The number of nitrogens with one attached hydrogen (secondary N) is 1. The molecule has 1 N–H and O–H groups in total. The Morgan fingerprint density at radius 1 is 1.03 bits per heavy atom. The van der Waals surface area contributed by atoms with Crippen LogP contribution in [-0.2, 0) is 20.7 Å². The number of amides is 2. The predicted octanol–water partition coefficient (Wildman–Crippen LogP) is 5.03. The Morgan fingerprint density at radius 3 is 2.45 bits per heavy atom. The predicted molar refractivity (Wildman–Crippen MR) is 121 cm³/mol. The topological polar surface area (TPSA) is 75.7 Å². The highest BCUT2D eigenvalue weighted by atomic mass is 35.5. The zero-order chi connectivity index (χ0) is 22.4. The fraction of sp³-hybridized carbons (Fsp3) is 0.292. The van der Waals surface area contributed by atoms with E-state index in [4.69, 9.17) is 16.3 Å². The fourth-order valence-electron chi connectivity index (χ4n) is 3.18. The smallest absolute Gasteiger partial charge is 0.338 e. The molecular formula is C24H25ClN2O4. The van der Waals surface area contributed by atoms with Crippen molar-refractivity contribution in [3.63, 3.8) is 0 Å². The van der Waals surface area contributed by atoms with E-state index in [0.29, 0.717) is 23.5 Å². The molecule has 2 aromatic carbocycles. The number of aryl methyl sites for hydroxylation is 1. The first-order chi connectivity index (χ1) is 15.0. The van der Waals surface area contributed by atoms with Crippen LogP contribution in [0.2, 0.25) is 0 Å². The van der Waals surface area contributed by atoms with E-state index in [1.807, 2.05) is 19.1 Å². The van der Waals surface area contributed by atoms with E-state index >= 15 is 0 Å². The summed E-state index contributed by atoms with van der Waals surface area (Å²) in [5.74, 6) is -1.59. The van der Waals surface area contributed by atoms with E-state index in [9.17, 15) is 14.4 Å². The fourth-order valence-corrected chi connectivity index (χ4v) is 3.40. The van der Waals surface area contributed by atoms with Crippen LogP contribution in [0.25, 0.3) is 0 Å². The Labute approximate surface area is 186 Å². The van der Waals surface area contributed by atoms with Crippen molar-refractivity contribution < 1.29 is 19.1 Å². The normalized spacial score (nSPS) is 13.7. The molecule has 31 heavy (non-hydrogen) atoms. The van der Waals surface area contributed by atoms with Crippen molar-refractivity contribution in [1.82, 2.24) is 0 Å². The van der Waals surface area contributed by atoms with E-state index in [2.05, 4.69) is 12.2 Å². The maximum atomic E-state index is 13.0. The summed E-state index contributed by atoms with van der Waals surface area (Å²) in [6.45, 7) is 4.36. The summed E-state index contributed by atoms with van der Waals surface area (Å²) >= 11 is 6.20. The molecule has 6 nitrogen and oxygen atoms in total. The van der Waals surface area contributed by atoms with Crippen LogP contribution in [0.4, 0.5) is 11.4 Å². The number of hydrogen-bond acceptors (Lipinski definition) is 5.